The number of pyridine rings is 1. The van der Waals surface area contributed by atoms with Crippen LogP contribution in [0.25, 0.3) is 11.1 Å². The number of alkyl halides is 3. The van der Waals surface area contributed by atoms with Crippen molar-refractivity contribution in [2.45, 2.75) is 25.6 Å². The van der Waals surface area contributed by atoms with Gasteiger partial charge in [-0.05, 0) is 42.3 Å². The van der Waals surface area contributed by atoms with Crippen LogP contribution in [0.2, 0.25) is 0 Å². The number of β-amino-alcohol motifs (C(OH)–C–C–N with tert-alkyl or cyclic N) is 1. The number of aromatic nitrogens is 3. The molecule has 0 bridgehead atoms. The van der Waals surface area contributed by atoms with Gasteiger partial charge in [0.2, 0.25) is 5.91 Å². The van der Waals surface area contributed by atoms with E-state index in [9.17, 15) is 27.9 Å². The van der Waals surface area contributed by atoms with E-state index in [0.29, 0.717) is 37.3 Å². The molecule has 0 saturated carbocycles. The van der Waals surface area contributed by atoms with E-state index in [1.807, 2.05) is 13.0 Å². The lowest BCUT2D eigenvalue weighted by Crippen LogP contribution is -2.46. The topological polar surface area (TPSA) is 121 Å². The fraction of sp³-hybridized carbons (Fsp3) is 0.346. The number of morpholine rings is 1. The number of anilines is 3. The second-order valence-corrected chi connectivity index (χ2v) is 9.27. The van der Waals surface area contributed by atoms with Crippen molar-refractivity contribution in [2.75, 3.05) is 48.0 Å². The number of amides is 2. The van der Waals surface area contributed by atoms with Crippen LogP contribution in [-0.4, -0.2) is 71.1 Å². The van der Waals surface area contributed by atoms with E-state index >= 15 is 0 Å². The summed E-state index contributed by atoms with van der Waals surface area (Å²) in [5.74, 6) is -0.460. The molecule has 1 atom stereocenters. The summed E-state index contributed by atoms with van der Waals surface area (Å²) in [6.45, 7) is 3.23. The molecule has 39 heavy (non-hydrogen) atoms. The summed E-state index contributed by atoms with van der Waals surface area (Å²) >= 11 is 0. The fourth-order valence-corrected chi connectivity index (χ4v) is 4.76. The van der Waals surface area contributed by atoms with E-state index in [-0.39, 0.29) is 37.1 Å². The minimum Gasteiger partial charge on any atom is -0.395 e. The largest absolute Gasteiger partial charge is 0.435 e. The first-order valence-corrected chi connectivity index (χ1v) is 12.2. The number of benzene rings is 1. The van der Waals surface area contributed by atoms with Crippen molar-refractivity contribution in [2.24, 2.45) is 0 Å². The van der Waals surface area contributed by atoms with Gasteiger partial charge >= 0.3 is 6.18 Å². The van der Waals surface area contributed by atoms with Gasteiger partial charge in [0, 0.05) is 30.4 Å². The normalized spacial score (nSPS) is 17.4. The van der Waals surface area contributed by atoms with E-state index < -0.39 is 17.8 Å². The molecule has 5 rings (SSSR count). The number of hydrogen-bond acceptors (Lipinski definition) is 8. The molecule has 0 unspecified atom stereocenters. The van der Waals surface area contributed by atoms with Gasteiger partial charge in [-0.1, -0.05) is 6.07 Å². The van der Waals surface area contributed by atoms with E-state index in [0.717, 1.165) is 28.6 Å². The molecule has 0 radical (unpaired) electrons. The van der Waals surface area contributed by atoms with Crippen molar-refractivity contribution in [3.63, 3.8) is 0 Å². The highest BCUT2D eigenvalue weighted by molar-refractivity contribution is 6.04. The van der Waals surface area contributed by atoms with E-state index in [1.54, 1.807) is 24.4 Å². The number of rotatable bonds is 5. The molecule has 0 spiro atoms. The van der Waals surface area contributed by atoms with Crippen LogP contribution >= 0.6 is 0 Å². The summed E-state index contributed by atoms with van der Waals surface area (Å²) in [5, 5.41) is 18.5. The first-order valence-electron chi connectivity index (χ1n) is 12.2. The number of nitrogens with zero attached hydrogens (tertiary/aromatic N) is 5. The maximum Gasteiger partial charge on any atom is 0.435 e. The van der Waals surface area contributed by atoms with Crippen molar-refractivity contribution >= 4 is 29.0 Å². The van der Waals surface area contributed by atoms with Gasteiger partial charge in [0.25, 0.3) is 5.91 Å². The number of ether oxygens (including phenoxy) is 1. The molecule has 2 amide bonds. The van der Waals surface area contributed by atoms with Gasteiger partial charge in [-0.25, -0.2) is 4.98 Å². The zero-order chi connectivity index (χ0) is 27.7. The molecule has 10 nitrogen and oxygen atoms in total. The van der Waals surface area contributed by atoms with Gasteiger partial charge in [-0.2, -0.15) is 18.3 Å². The smallest absolute Gasteiger partial charge is 0.395 e. The molecule has 1 fully saturated rings. The van der Waals surface area contributed by atoms with Crippen LogP contribution in [0, 0.1) is 6.92 Å². The third-order valence-corrected chi connectivity index (χ3v) is 6.69. The predicted molar refractivity (Wildman–Crippen MR) is 135 cm³/mol. The summed E-state index contributed by atoms with van der Waals surface area (Å²) in [6, 6.07) is 7.52. The predicted octanol–water partition coefficient (Wildman–Crippen LogP) is 3.05. The first kappa shape index (κ1) is 26.5. The van der Waals surface area contributed by atoms with Gasteiger partial charge in [-0.3, -0.25) is 14.5 Å². The zero-order valence-corrected chi connectivity index (χ0v) is 20.9. The van der Waals surface area contributed by atoms with Crippen molar-refractivity contribution in [1.82, 2.24) is 15.2 Å². The number of fused-ring (bicyclic) bond motifs is 3. The number of carbonyl (C=O) groups is 2. The van der Waals surface area contributed by atoms with Crippen LogP contribution in [0.3, 0.4) is 0 Å². The summed E-state index contributed by atoms with van der Waals surface area (Å²) in [6.07, 6.45) is -1.91. The number of nitrogens with one attached hydrogen (secondary N) is 1. The summed E-state index contributed by atoms with van der Waals surface area (Å²) in [7, 11) is 0. The number of carbonyl (C=O) groups excluding carboxylic acids is 2. The van der Waals surface area contributed by atoms with Gasteiger partial charge in [0.05, 0.1) is 49.9 Å². The quantitative estimate of drug-likeness (QED) is 0.505. The van der Waals surface area contributed by atoms with Gasteiger partial charge in [0.15, 0.2) is 11.5 Å². The van der Waals surface area contributed by atoms with Crippen molar-refractivity contribution in [1.29, 1.82) is 0 Å². The molecular formula is C26H25F3N6O4. The highest BCUT2D eigenvalue weighted by Crippen LogP contribution is 2.38. The van der Waals surface area contributed by atoms with Crippen LogP contribution < -0.4 is 15.1 Å². The second kappa shape index (κ2) is 10.6. The minimum absolute atomic E-state index is 0.111. The number of aliphatic hydroxyl groups excluding tert-OH is 1. The maximum absolute atomic E-state index is 13.0. The van der Waals surface area contributed by atoms with Crippen LogP contribution in [0.5, 0.6) is 0 Å². The molecular weight excluding hydrogens is 517 g/mol. The Kier molecular flexibility index (Phi) is 7.19. The van der Waals surface area contributed by atoms with Crippen LogP contribution in [0.1, 0.15) is 28.0 Å². The Hall–Kier alpha value is -4.10. The lowest BCUT2D eigenvalue weighted by atomic mass is 10.00. The molecule has 2 aliphatic rings. The standard InChI is InChI=1S/C26H25F3N6O4/c1-15-2-3-18(32-25(38)17-9-22(26(27,28)29)33-31-13-17)10-20(15)16-8-21-24(30-12-16)35(4-6-36)23(37)11-19-14-39-7-5-34(19)21/h2-3,8-10,12-13,19,36H,4-7,11,14H2,1H3,(H,32,38)/t19-/m0/s1. The highest BCUT2D eigenvalue weighted by atomic mass is 19.4. The van der Waals surface area contributed by atoms with E-state index in [4.69, 9.17) is 4.74 Å². The van der Waals surface area contributed by atoms with Gasteiger partial charge < -0.3 is 20.1 Å². The second-order valence-electron chi connectivity index (χ2n) is 9.27. The number of aliphatic hydroxyl groups is 1. The minimum atomic E-state index is -4.73. The summed E-state index contributed by atoms with van der Waals surface area (Å²) in [4.78, 5) is 33.9. The molecule has 1 saturated heterocycles. The average molecular weight is 543 g/mol. The van der Waals surface area contributed by atoms with Crippen molar-refractivity contribution in [3.8, 4) is 11.1 Å². The molecule has 2 aromatic heterocycles. The molecule has 0 aliphatic carbocycles. The van der Waals surface area contributed by atoms with Crippen LogP contribution in [0.15, 0.2) is 42.7 Å². The molecule has 1 aromatic carbocycles. The number of aryl methyl sites for hydroxylation is 1. The van der Waals surface area contributed by atoms with Crippen molar-refractivity contribution in [3.05, 3.63) is 59.5 Å². The van der Waals surface area contributed by atoms with Crippen molar-refractivity contribution < 1.29 is 32.6 Å². The Balaban J connectivity index is 1.49. The fourth-order valence-electron chi connectivity index (χ4n) is 4.76. The zero-order valence-electron chi connectivity index (χ0n) is 20.9. The first-order chi connectivity index (χ1) is 18.7. The van der Waals surface area contributed by atoms with Gasteiger partial charge in [0.1, 0.15) is 0 Å². The Morgan fingerprint density at radius 3 is 2.82 bits per heavy atom. The van der Waals surface area contributed by atoms with E-state index in [2.05, 4.69) is 25.4 Å². The Morgan fingerprint density at radius 2 is 2.05 bits per heavy atom. The Morgan fingerprint density at radius 1 is 1.23 bits per heavy atom. The molecule has 4 heterocycles. The van der Waals surface area contributed by atoms with E-state index in [1.165, 1.54) is 4.90 Å². The average Bonchev–Trinajstić information content (AvgIpc) is 3.03. The third kappa shape index (κ3) is 5.40. The maximum atomic E-state index is 13.0. The monoisotopic (exact) mass is 542 g/mol. The summed E-state index contributed by atoms with van der Waals surface area (Å²) in [5.41, 5.74) is 1.88. The number of halogens is 3. The molecule has 3 aromatic rings. The van der Waals surface area contributed by atoms with Crippen LogP contribution in [-0.2, 0) is 15.7 Å². The SMILES string of the molecule is Cc1ccc(NC(=O)c2cnnc(C(F)(F)F)c2)cc1-c1cnc2c(c1)N1CCOC[C@@H]1CC(=O)N2CCO. The van der Waals surface area contributed by atoms with Gasteiger partial charge in [-0.15, -0.1) is 5.10 Å². The molecule has 2 N–H and O–H groups in total. The third-order valence-electron chi connectivity index (χ3n) is 6.69. The van der Waals surface area contributed by atoms with Crippen LogP contribution in [0.4, 0.5) is 30.4 Å². The number of hydrogen-bond donors (Lipinski definition) is 2. The Bertz CT molecular complexity index is 1420. The summed E-state index contributed by atoms with van der Waals surface area (Å²) < 4.78 is 44.6. The lowest BCUT2D eigenvalue weighted by molar-refractivity contribution is -0.141. The highest BCUT2D eigenvalue weighted by Gasteiger charge is 2.36. The lowest BCUT2D eigenvalue weighted by Gasteiger charge is -2.36. The molecule has 204 valence electrons. The molecule has 13 heteroatoms. The Labute approximate surface area is 221 Å². The molecule has 2 aliphatic heterocycles.